The minimum absolute atomic E-state index is 0.759. The second-order valence-corrected chi connectivity index (χ2v) is 5.25. The lowest BCUT2D eigenvalue weighted by atomic mass is 10.4. The van der Waals surface area contributed by atoms with Crippen molar-refractivity contribution in [2.24, 2.45) is 0 Å². The van der Waals surface area contributed by atoms with E-state index in [0.717, 1.165) is 31.1 Å². The van der Waals surface area contributed by atoms with Crippen molar-refractivity contribution in [3.8, 4) is 0 Å². The number of nitrogens with zero attached hydrogens (tertiary/aromatic N) is 1. The fourth-order valence-corrected chi connectivity index (χ4v) is 2.95. The third-order valence-corrected chi connectivity index (χ3v) is 3.88. The number of methoxy groups -OCH3 is 1. The number of thiazole rings is 1. The molecule has 1 N–H and O–H groups in total. The van der Waals surface area contributed by atoms with Crippen LogP contribution in [0.3, 0.4) is 0 Å². The molecule has 0 aliphatic heterocycles. The molecule has 0 bridgehead atoms. The van der Waals surface area contributed by atoms with Crippen LogP contribution in [0.4, 0.5) is 0 Å². The fourth-order valence-electron chi connectivity index (χ4n) is 1.21. The van der Waals surface area contributed by atoms with E-state index in [-0.39, 0.29) is 0 Å². The lowest BCUT2D eigenvalue weighted by Gasteiger charge is -2.01. The maximum atomic E-state index is 4.98. The largest absolute Gasteiger partial charge is 0.383 e. The number of hydrogen-bond donors (Lipinski definition) is 1. The Bertz CT molecular complexity index is 289. The number of hydrogen-bond acceptors (Lipinski definition) is 5. The monoisotopic (exact) mass is 246 g/mol. The molecule has 0 unspecified atom stereocenters. The molecule has 15 heavy (non-hydrogen) atoms. The van der Waals surface area contributed by atoms with Gasteiger partial charge in [-0.3, -0.25) is 0 Å². The highest BCUT2D eigenvalue weighted by molar-refractivity contribution is 7.97. The van der Waals surface area contributed by atoms with Crippen molar-refractivity contribution in [2.45, 2.75) is 19.2 Å². The Labute approximate surface area is 99.6 Å². The molecule has 5 heteroatoms. The van der Waals surface area contributed by atoms with Gasteiger partial charge >= 0.3 is 0 Å². The maximum absolute atomic E-state index is 4.98. The Morgan fingerprint density at radius 1 is 1.53 bits per heavy atom. The quantitative estimate of drug-likeness (QED) is 0.747. The molecule has 0 fully saturated rings. The minimum atomic E-state index is 0.759. The van der Waals surface area contributed by atoms with Gasteiger partial charge in [-0.1, -0.05) is 0 Å². The molecule has 1 heterocycles. The lowest BCUT2D eigenvalue weighted by molar-refractivity contribution is 0.199. The van der Waals surface area contributed by atoms with Crippen molar-refractivity contribution in [3.05, 3.63) is 15.6 Å². The van der Waals surface area contributed by atoms with Crippen LogP contribution >= 0.6 is 23.1 Å². The zero-order chi connectivity index (χ0) is 11.1. The zero-order valence-electron chi connectivity index (χ0n) is 9.50. The normalized spacial score (nSPS) is 10.9. The molecular weight excluding hydrogens is 228 g/mol. The molecule has 0 saturated carbocycles. The first-order valence-corrected chi connectivity index (χ1v) is 7.12. The molecule has 0 aliphatic carbocycles. The van der Waals surface area contributed by atoms with Crippen LogP contribution < -0.4 is 5.32 Å². The van der Waals surface area contributed by atoms with Gasteiger partial charge in [0.2, 0.25) is 0 Å². The summed E-state index contributed by atoms with van der Waals surface area (Å²) in [6.45, 7) is 4.64. The molecule has 0 spiro atoms. The van der Waals surface area contributed by atoms with Gasteiger partial charge in [-0.2, -0.15) is 11.8 Å². The van der Waals surface area contributed by atoms with Gasteiger partial charge in [0.05, 0.1) is 12.3 Å². The number of ether oxygens (including phenoxy) is 1. The van der Waals surface area contributed by atoms with Gasteiger partial charge in [-0.15, -0.1) is 11.3 Å². The van der Waals surface area contributed by atoms with Crippen molar-refractivity contribution >= 4 is 23.1 Å². The Morgan fingerprint density at radius 3 is 3.00 bits per heavy atom. The maximum Gasteiger partial charge on any atom is 0.103 e. The molecule has 1 aromatic heterocycles. The Hall–Kier alpha value is -0.100. The summed E-state index contributed by atoms with van der Waals surface area (Å²) < 4.78 is 4.98. The van der Waals surface area contributed by atoms with Crippen LogP contribution in [0.5, 0.6) is 0 Å². The van der Waals surface area contributed by atoms with E-state index >= 15 is 0 Å². The standard InChI is InChI=1S/C10H18N2OS2/c1-8-9(6-11-4-5-13-2)15-10(12-8)7-14-3/h11H,4-7H2,1-3H3. The van der Waals surface area contributed by atoms with E-state index in [9.17, 15) is 0 Å². The van der Waals surface area contributed by atoms with Gasteiger partial charge in [0.1, 0.15) is 5.01 Å². The van der Waals surface area contributed by atoms with Gasteiger partial charge in [-0.25, -0.2) is 4.98 Å². The van der Waals surface area contributed by atoms with Crippen LogP contribution in [0.15, 0.2) is 0 Å². The second-order valence-electron chi connectivity index (χ2n) is 3.22. The summed E-state index contributed by atoms with van der Waals surface area (Å²) in [6, 6.07) is 0. The number of nitrogens with one attached hydrogen (secondary N) is 1. The number of aryl methyl sites for hydroxylation is 1. The third-order valence-electron chi connectivity index (χ3n) is 1.97. The van der Waals surface area contributed by atoms with E-state index in [1.54, 1.807) is 18.4 Å². The van der Waals surface area contributed by atoms with E-state index < -0.39 is 0 Å². The van der Waals surface area contributed by atoms with E-state index in [1.807, 2.05) is 11.8 Å². The van der Waals surface area contributed by atoms with Crippen LogP contribution in [0.1, 0.15) is 15.6 Å². The highest BCUT2D eigenvalue weighted by Crippen LogP contribution is 2.20. The summed E-state index contributed by atoms with van der Waals surface area (Å²) in [5, 5.41) is 4.56. The minimum Gasteiger partial charge on any atom is -0.383 e. The lowest BCUT2D eigenvalue weighted by Crippen LogP contribution is -2.18. The van der Waals surface area contributed by atoms with E-state index in [2.05, 4.69) is 23.5 Å². The summed E-state index contributed by atoms with van der Waals surface area (Å²) in [5.74, 6) is 1.02. The van der Waals surface area contributed by atoms with Crippen molar-refractivity contribution in [1.82, 2.24) is 10.3 Å². The van der Waals surface area contributed by atoms with Crippen LogP contribution in [0.2, 0.25) is 0 Å². The van der Waals surface area contributed by atoms with Crippen molar-refractivity contribution in [2.75, 3.05) is 26.5 Å². The average Bonchev–Trinajstić information content (AvgIpc) is 2.55. The summed E-state index contributed by atoms with van der Waals surface area (Å²) in [6.07, 6.45) is 2.10. The second kappa shape index (κ2) is 7.22. The Kier molecular flexibility index (Phi) is 6.24. The predicted octanol–water partition coefficient (Wildman–Crippen LogP) is 2.05. The first-order chi connectivity index (χ1) is 7.27. The summed E-state index contributed by atoms with van der Waals surface area (Å²) in [5.41, 5.74) is 1.16. The van der Waals surface area contributed by atoms with Gasteiger partial charge in [0, 0.05) is 30.8 Å². The van der Waals surface area contributed by atoms with Crippen LogP contribution in [-0.2, 0) is 17.0 Å². The molecule has 0 aromatic carbocycles. The van der Waals surface area contributed by atoms with Gasteiger partial charge in [-0.05, 0) is 13.2 Å². The third kappa shape index (κ3) is 4.51. The van der Waals surface area contributed by atoms with Gasteiger partial charge in [0.25, 0.3) is 0 Å². The molecule has 1 aromatic rings. The molecule has 86 valence electrons. The van der Waals surface area contributed by atoms with Crippen molar-refractivity contribution in [1.29, 1.82) is 0 Å². The highest BCUT2D eigenvalue weighted by atomic mass is 32.2. The topological polar surface area (TPSA) is 34.1 Å². The first-order valence-electron chi connectivity index (χ1n) is 4.91. The summed E-state index contributed by atoms with van der Waals surface area (Å²) in [4.78, 5) is 5.87. The molecule has 0 aliphatic rings. The van der Waals surface area contributed by atoms with Crippen LogP contribution in [0, 0.1) is 6.92 Å². The van der Waals surface area contributed by atoms with E-state index in [0.29, 0.717) is 0 Å². The van der Waals surface area contributed by atoms with Crippen LogP contribution in [0.25, 0.3) is 0 Å². The number of aromatic nitrogens is 1. The Balaban J connectivity index is 2.39. The molecule has 1 rings (SSSR count). The molecule has 0 saturated heterocycles. The first kappa shape index (κ1) is 13.0. The highest BCUT2D eigenvalue weighted by Gasteiger charge is 2.06. The van der Waals surface area contributed by atoms with Crippen molar-refractivity contribution in [3.63, 3.8) is 0 Å². The van der Waals surface area contributed by atoms with Crippen molar-refractivity contribution < 1.29 is 4.74 Å². The molecule has 0 atom stereocenters. The zero-order valence-corrected chi connectivity index (χ0v) is 11.1. The number of rotatable bonds is 7. The SMILES string of the molecule is COCCNCc1sc(CSC)nc1C. The van der Waals surface area contributed by atoms with E-state index in [4.69, 9.17) is 4.74 Å². The molecule has 0 amide bonds. The number of thioether (sulfide) groups is 1. The Morgan fingerprint density at radius 2 is 2.33 bits per heavy atom. The summed E-state index contributed by atoms with van der Waals surface area (Å²) in [7, 11) is 1.72. The van der Waals surface area contributed by atoms with E-state index in [1.165, 1.54) is 9.88 Å². The summed E-state index contributed by atoms with van der Waals surface area (Å²) >= 11 is 3.62. The molecular formula is C10H18N2OS2. The average molecular weight is 246 g/mol. The smallest absolute Gasteiger partial charge is 0.103 e. The molecule has 3 nitrogen and oxygen atoms in total. The predicted molar refractivity (Wildman–Crippen MR) is 67.7 cm³/mol. The van der Waals surface area contributed by atoms with Crippen LogP contribution in [-0.4, -0.2) is 31.5 Å². The van der Waals surface area contributed by atoms with Gasteiger partial charge < -0.3 is 10.1 Å². The van der Waals surface area contributed by atoms with Gasteiger partial charge in [0.15, 0.2) is 0 Å². The molecule has 0 radical (unpaired) electrons. The fraction of sp³-hybridized carbons (Fsp3) is 0.700.